The van der Waals surface area contributed by atoms with Crippen LogP contribution in [0.1, 0.15) is 205 Å². The summed E-state index contributed by atoms with van der Waals surface area (Å²) in [6.07, 6.45) is 45.1. The van der Waals surface area contributed by atoms with Crippen LogP contribution in [0.15, 0.2) is 36.7 Å². The zero-order valence-electron chi connectivity index (χ0n) is 30.0. The largest absolute Gasteiger partial charge is 0.421 e. The topological polar surface area (TPSA) is 35.0 Å². The fraction of sp³-hybridized carbons (Fsp3) is 0.762. The second-order valence-corrected chi connectivity index (χ2v) is 13.8. The quantitative estimate of drug-likeness (QED) is 0.0763. The van der Waals surface area contributed by atoms with Crippen molar-refractivity contribution in [2.24, 2.45) is 0 Å². The zero-order valence-corrected chi connectivity index (χ0v) is 30.0. The average Bonchev–Trinajstić information content (AvgIpc) is 3.05. The lowest BCUT2D eigenvalue weighted by atomic mass is 10.0. The molecule has 0 spiro atoms. The van der Waals surface area contributed by atoms with Gasteiger partial charge in [-0.25, -0.2) is 9.97 Å². The second-order valence-electron chi connectivity index (χ2n) is 13.8. The predicted molar refractivity (Wildman–Crippen MR) is 197 cm³/mol. The number of rotatable bonds is 32. The van der Waals surface area contributed by atoms with E-state index in [0.717, 1.165) is 12.8 Å². The van der Waals surface area contributed by atoms with E-state index in [1.165, 1.54) is 191 Å². The van der Waals surface area contributed by atoms with Crippen LogP contribution in [0.2, 0.25) is 0 Å². The number of pyridine rings is 2. The summed E-state index contributed by atoms with van der Waals surface area (Å²) in [6, 6.07) is 8.47. The molecule has 0 aliphatic heterocycles. The smallest absolute Gasteiger partial charge is 0.221 e. The number of hydrogen-bond acceptors (Lipinski definition) is 3. The first-order valence-electron chi connectivity index (χ1n) is 19.9. The van der Waals surface area contributed by atoms with E-state index in [9.17, 15) is 0 Å². The molecule has 0 aromatic carbocycles. The Bertz CT molecular complexity index is 840. The summed E-state index contributed by atoms with van der Waals surface area (Å²) in [6.45, 7) is 4.59. The molecule has 0 bridgehead atoms. The number of unbranched alkanes of at least 4 members (excludes halogenated alkanes) is 26. The Hall–Kier alpha value is -1.90. The lowest BCUT2D eigenvalue weighted by molar-refractivity contribution is 0.443. The molecule has 0 aliphatic carbocycles. The minimum Gasteiger partial charge on any atom is -0.421 e. The van der Waals surface area contributed by atoms with Crippen LogP contribution in [0.4, 0.5) is 0 Å². The number of hydrogen-bond donors (Lipinski definition) is 0. The van der Waals surface area contributed by atoms with Gasteiger partial charge in [-0.3, -0.25) is 0 Å². The van der Waals surface area contributed by atoms with Crippen LogP contribution >= 0.6 is 0 Å². The van der Waals surface area contributed by atoms with Gasteiger partial charge in [0.25, 0.3) is 0 Å². The van der Waals surface area contributed by atoms with Gasteiger partial charge < -0.3 is 4.74 Å². The van der Waals surface area contributed by atoms with Gasteiger partial charge in [-0.1, -0.05) is 181 Å². The van der Waals surface area contributed by atoms with E-state index in [1.54, 1.807) is 0 Å². The molecule has 3 heteroatoms. The van der Waals surface area contributed by atoms with E-state index in [4.69, 9.17) is 4.74 Å². The Labute approximate surface area is 280 Å². The highest BCUT2D eigenvalue weighted by atomic mass is 16.5. The number of ether oxygens (including phenoxy) is 1. The molecule has 0 atom stereocenters. The molecule has 0 saturated carbocycles. The molecule has 45 heavy (non-hydrogen) atoms. The normalized spacial score (nSPS) is 11.3. The highest BCUT2D eigenvalue weighted by Crippen LogP contribution is 2.22. The van der Waals surface area contributed by atoms with Crippen LogP contribution in [0.25, 0.3) is 0 Å². The highest BCUT2D eigenvalue weighted by Gasteiger charge is 2.04. The van der Waals surface area contributed by atoms with Gasteiger partial charge in [0.2, 0.25) is 11.8 Å². The Morgan fingerprint density at radius 1 is 0.378 bits per heavy atom. The molecule has 2 aromatic rings. The Kier molecular flexibility index (Phi) is 25.7. The van der Waals surface area contributed by atoms with Crippen molar-refractivity contribution in [3.8, 4) is 11.8 Å². The predicted octanol–water partition coefficient (Wildman–Crippen LogP) is 14.3. The van der Waals surface area contributed by atoms with Gasteiger partial charge in [0.05, 0.1) is 0 Å². The number of aromatic nitrogens is 2. The maximum atomic E-state index is 6.09. The van der Waals surface area contributed by atoms with E-state index in [-0.39, 0.29) is 0 Å². The van der Waals surface area contributed by atoms with Crippen molar-refractivity contribution in [3.05, 3.63) is 47.8 Å². The van der Waals surface area contributed by atoms with Gasteiger partial charge in [-0.2, -0.15) is 0 Å². The van der Waals surface area contributed by atoms with Crippen LogP contribution in [0.5, 0.6) is 11.8 Å². The molecular formula is C42H72N2O. The van der Waals surface area contributed by atoms with Crippen LogP contribution in [-0.4, -0.2) is 9.97 Å². The third kappa shape index (κ3) is 23.1. The van der Waals surface area contributed by atoms with Crippen molar-refractivity contribution in [1.82, 2.24) is 9.97 Å². The molecule has 3 nitrogen and oxygen atoms in total. The van der Waals surface area contributed by atoms with Crippen molar-refractivity contribution in [3.63, 3.8) is 0 Å². The summed E-state index contributed by atoms with van der Waals surface area (Å²) in [7, 11) is 0. The molecule has 0 amide bonds. The van der Waals surface area contributed by atoms with Crippen molar-refractivity contribution < 1.29 is 4.74 Å². The molecule has 2 aromatic heterocycles. The Balaban J connectivity index is 1.48. The zero-order chi connectivity index (χ0) is 31.9. The summed E-state index contributed by atoms with van der Waals surface area (Å²) in [4.78, 5) is 8.92. The van der Waals surface area contributed by atoms with E-state index in [0.29, 0.717) is 11.8 Å². The average molecular weight is 621 g/mol. The lowest BCUT2D eigenvalue weighted by Crippen LogP contribution is -1.95. The molecular weight excluding hydrogens is 548 g/mol. The van der Waals surface area contributed by atoms with Crippen molar-refractivity contribution in [2.75, 3.05) is 0 Å². The molecule has 0 radical (unpaired) electrons. The van der Waals surface area contributed by atoms with Crippen molar-refractivity contribution in [1.29, 1.82) is 0 Å². The highest BCUT2D eigenvalue weighted by molar-refractivity contribution is 5.27. The van der Waals surface area contributed by atoms with Gasteiger partial charge in [-0.15, -0.1) is 0 Å². The first-order chi connectivity index (χ1) is 22.3. The fourth-order valence-electron chi connectivity index (χ4n) is 6.48. The first-order valence-corrected chi connectivity index (χ1v) is 19.9. The van der Waals surface area contributed by atoms with Gasteiger partial charge in [0.1, 0.15) is 0 Å². The Morgan fingerprint density at radius 3 is 0.933 bits per heavy atom. The summed E-state index contributed by atoms with van der Waals surface area (Å²) in [5.41, 5.74) is 2.63. The van der Waals surface area contributed by atoms with Crippen molar-refractivity contribution in [2.45, 2.75) is 206 Å². The Morgan fingerprint density at radius 2 is 0.644 bits per heavy atom. The minimum atomic E-state index is 0.666. The number of aryl methyl sites for hydroxylation is 2. The van der Waals surface area contributed by atoms with E-state index < -0.39 is 0 Å². The second kappa shape index (κ2) is 29.5. The number of nitrogens with zero attached hydrogens (tertiary/aromatic N) is 2. The van der Waals surface area contributed by atoms with E-state index in [2.05, 4.69) is 48.1 Å². The third-order valence-electron chi connectivity index (χ3n) is 9.45. The maximum absolute atomic E-state index is 6.09. The van der Waals surface area contributed by atoms with Crippen LogP contribution < -0.4 is 4.74 Å². The molecule has 0 N–H and O–H groups in total. The minimum absolute atomic E-state index is 0.666. The molecule has 0 saturated heterocycles. The summed E-state index contributed by atoms with van der Waals surface area (Å²) >= 11 is 0. The SMILES string of the molecule is CCCCCCCCCCCCCCCCc1ccnc(Oc2cc(CCCCCCCCCCCCCCCC)ccn2)c1. The van der Waals surface area contributed by atoms with E-state index >= 15 is 0 Å². The monoisotopic (exact) mass is 621 g/mol. The van der Waals surface area contributed by atoms with Gasteiger partial charge in [0.15, 0.2) is 0 Å². The molecule has 2 heterocycles. The first kappa shape index (κ1) is 39.3. The standard InChI is InChI=1S/C42H72N2O/c1-3-5-7-9-11-13-15-17-19-21-23-25-27-29-31-39-33-35-43-41(37-39)45-42-38-40(34-36-44-42)32-30-28-26-24-22-20-18-16-14-12-10-8-6-4-2/h33-38H,3-32H2,1-2H3. The third-order valence-corrected chi connectivity index (χ3v) is 9.45. The van der Waals surface area contributed by atoms with Gasteiger partial charge in [-0.05, 0) is 48.9 Å². The van der Waals surface area contributed by atoms with E-state index in [1.807, 2.05) is 12.4 Å². The lowest BCUT2D eigenvalue weighted by Gasteiger charge is -2.08. The van der Waals surface area contributed by atoms with Crippen LogP contribution in [-0.2, 0) is 12.8 Å². The molecule has 2 rings (SSSR count). The van der Waals surface area contributed by atoms with Crippen LogP contribution in [0, 0.1) is 0 Å². The molecule has 256 valence electrons. The maximum Gasteiger partial charge on any atom is 0.221 e. The molecule has 0 unspecified atom stereocenters. The molecule has 0 fully saturated rings. The molecule has 0 aliphatic rings. The summed E-state index contributed by atoms with van der Waals surface area (Å²) < 4.78 is 6.09. The summed E-state index contributed by atoms with van der Waals surface area (Å²) in [5, 5.41) is 0. The fourth-order valence-corrected chi connectivity index (χ4v) is 6.48. The van der Waals surface area contributed by atoms with Crippen LogP contribution in [0.3, 0.4) is 0 Å². The van der Waals surface area contributed by atoms with Gasteiger partial charge >= 0.3 is 0 Å². The van der Waals surface area contributed by atoms with Crippen molar-refractivity contribution >= 4 is 0 Å². The summed E-state index contributed by atoms with van der Waals surface area (Å²) in [5.74, 6) is 1.33. The van der Waals surface area contributed by atoms with Gasteiger partial charge in [0, 0.05) is 24.5 Å².